The van der Waals surface area contributed by atoms with Gasteiger partial charge in [0.15, 0.2) is 0 Å². The summed E-state index contributed by atoms with van der Waals surface area (Å²) in [5, 5.41) is 27.7. The van der Waals surface area contributed by atoms with Crippen LogP contribution >= 0.6 is 35.1 Å². The predicted octanol–water partition coefficient (Wildman–Crippen LogP) is 29.2. The van der Waals surface area contributed by atoms with E-state index in [0.29, 0.717) is 45.3 Å². The molecule has 0 aliphatic heterocycles. The van der Waals surface area contributed by atoms with E-state index in [1.807, 2.05) is 91.8 Å². The third-order valence-electron chi connectivity index (χ3n) is 19.8. The monoisotopic (exact) mass is 1560 g/mol. The minimum Gasteiger partial charge on any atom is -0.507 e. The van der Waals surface area contributed by atoms with E-state index in [4.69, 9.17) is 64.4 Å². The summed E-state index contributed by atoms with van der Waals surface area (Å²) < 4.78 is 76.4. The molecule has 3 aromatic heterocycles. The van der Waals surface area contributed by atoms with Gasteiger partial charge in [0.1, 0.15) is 79.5 Å². The van der Waals surface area contributed by atoms with Crippen molar-refractivity contribution >= 4 is 101 Å². The first-order valence-corrected chi connectivity index (χ1v) is 41.2. The molecule has 13 aromatic rings. The molecule has 14 nitrogen and oxygen atoms in total. The molecular formula is C92H106ClO14P3. The largest absolute Gasteiger partial charge is 0.507 e. The Morgan fingerprint density at radius 3 is 0.791 bits per heavy atom. The van der Waals surface area contributed by atoms with Crippen LogP contribution in [0.4, 0.5) is 0 Å². The van der Waals surface area contributed by atoms with Crippen LogP contribution in [0.3, 0.4) is 0 Å². The average molecular weight is 1560 g/mol. The molecule has 18 heteroatoms. The third-order valence-corrected chi connectivity index (χ3v) is 22.8. The molecule has 10 aromatic carbocycles. The highest BCUT2D eigenvalue weighted by molar-refractivity contribution is 7.68. The van der Waals surface area contributed by atoms with E-state index >= 15 is 0 Å². The van der Waals surface area contributed by atoms with Crippen LogP contribution in [-0.4, -0.2) is 38.7 Å². The SMILES string of the molecule is COc1cc(-c2cc(OC)cc(C(C)(C)C)c2O)c(O)c(C(C)(C)C)c1.COc1cc(C(C)(C)C)c2op(Oc3c(C)cc(C)cc3-c3cc(C)cc(C)c3Op3oc4c(C)cc(C)cc4c4cc(C)cc(C)c4o3)oc3c(C(C)(C)C)cc(OC)cc3c2c1.Cc1cc(C)c2op(Cl)oc3c(C)cc(C)cc3c2c1. The molecule has 0 amide bonds. The highest BCUT2D eigenvalue weighted by Crippen LogP contribution is 2.53. The second-order valence-electron chi connectivity index (χ2n) is 33.4. The molecule has 0 spiro atoms. The number of phenolic OH excluding ortho intramolecular Hbond substituents is 2. The summed E-state index contributed by atoms with van der Waals surface area (Å²) >= 11 is 6.22. The van der Waals surface area contributed by atoms with E-state index in [9.17, 15) is 10.2 Å². The molecule has 0 saturated heterocycles. The normalized spacial score (nSPS) is 11.9. The molecule has 2 N–H and O–H groups in total. The molecule has 0 unspecified atom stereocenters. The number of benzene rings is 10. The van der Waals surface area contributed by atoms with Gasteiger partial charge < -0.3 is 63.4 Å². The summed E-state index contributed by atoms with van der Waals surface area (Å²) in [6.07, 6.45) is 0. The van der Waals surface area contributed by atoms with Gasteiger partial charge in [-0.1, -0.05) is 119 Å². The van der Waals surface area contributed by atoms with Crippen LogP contribution in [0, 0.1) is 83.1 Å². The lowest BCUT2D eigenvalue weighted by molar-refractivity contribution is 0.403. The van der Waals surface area contributed by atoms with Gasteiger partial charge in [-0.15, -0.1) is 0 Å². The number of phenols is 2. The number of rotatable bonds is 10. The van der Waals surface area contributed by atoms with Gasteiger partial charge in [0.25, 0.3) is 0 Å². The summed E-state index contributed by atoms with van der Waals surface area (Å²) in [7, 11) is 0.993. The number of hydrogen-bond donors (Lipinski definition) is 2. The van der Waals surface area contributed by atoms with Gasteiger partial charge in [0.05, 0.1) is 28.4 Å². The molecule has 0 aliphatic rings. The lowest BCUT2D eigenvalue weighted by Gasteiger charge is -2.26. The lowest BCUT2D eigenvalue weighted by atomic mass is 9.81. The van der Waals surface area contributed by atoms with E-state index in [-0.39, 0.29) is 33.2 Å². The second kappa shape index (κ2) is 31.4. The summed E-state index contributed by atoms with van der Waals surface area (Å²) in [6.45, 7) is 50.1. The van der Waals surface area contributed by atoms with Crippen molar-refractivity contribution in [1.29, 1.82) is 0 Å². The average Bonchev–Trinajstić information content (AvgIpc) is 1.43. The van der Waals surface area contributed by atoms with Gasteiger partial charge in [-0.3, -0.25) is 0 Å². The maximum absolute atomic E-state index is 11.0. The van der Waals surface area contributed by atoms with E-state index in [1.165, 1.54) is 11.1 Å². The maximum atomic E-state index is 11.0. The van der Waals surface area contributed by atoms with Crippen molar-refractivity contribution in [3.05, 3.63) is 210 Å². The highest BCUT2D eigenvalue weighted by Gasteiger charge is 2.31. The molecule has 580 valence electrons. The summed E-state index contributed by atoms with van der Waals surface area (Å²) in [6, 6.07) is 40.9. The fourth-order valence-electron chi connectivity index (χ4n) is 14.5. The van der Waals surface area contributed by atoms with Crippen LogP contribution in [0.1, 0.15) is 172 Å². The van der Waals surface area contributed by atoms with Crippen molar-refractivity contribution in [3.8, 4) is 68.2 Å². The van der Waals surface area contributed by atoms with Crippen molar-refractivity contribution in [2.75, 3.05) is 28.4 Å². The smallest absolute Gasteiger partial charge is 0.453 e. The van der Waals surface area contributed by atoms with Gasteiger partial charge in [0, 0.05) is 88.1 Å². The maximum Gasteiger partial charge on any atom is 0.453 e. The molecule has 0 radical (unpaired) electrons. The minimum absolute atomic E-state index is 0.140. The Hall–Kier alpha value is -9.41. The Labute approximate surface area is 655 Å². The first kappa shape index (κ1) is 81.6. The highest BCUT2D eigenvalue weighted by atomic mass is 35.7. The van der Waals surface area contributed by atoms with Crippen molar-refractivity contribution < 1.29 is 63.4 Å². The molecule has 13 rings (SSSR count). The van der Waals surface area contributed by atoms with Crippen LogP contribution in [0.2, 0.25) is 0 Å². The Kier molecular flexibility index (Phi) is 23.3. The topological polar surface area (TPSA) is 175 Å². The fourth-order valence-corrected chi connectivity index (χ4v) is 18.2. The van der Waals surface area contributed by atoms with Crippen LogP contribution in [0.25, 0.3) is 88.1 Å². The zero-order valence-electron chi connectivity index (χ0n) is 69.1. The van der Waals surface area contributed by atoms with Crippen molar-refractivity contribution in [2.24, 2.45) is 0 Å². The van der Waals surface area contributed by atoms with Crippen molar-refractivity contribution in [3.63, 3.8) is 0 Å². The van der Waals surface area contributed by atoms with Crippen LogP contribution < -0.4 is 28.0 Å². The molecule has 110 heavy (non-hydrogen) atoms. The first-order chi connectivity index (χ1) is 51.5. The number of ether oxygens (including phenoxy) is 4. The van der Waals surface area contributed by atoms with Crippen molar-refractivity contribution in [2.45, 2.75) is 188 Å². The van der Waals surface area contributed by atoms with Crippen molar-refractivity contribution in [1.82, 2.24) is 0 Å². The molecular weight excluding hydrogens is 1460 g/mol. The molecule has 0 fully saturated rings. The summed E-state index contributed by atoms with van der Waals surface area (Å²) in [5.41, 5.74) is 22.4. The number of fused-ring (bicyclic) bond motifs is 9. The van der Waals surface area contributed by atoms with Gasteiger partial charge in [-0.2, -0.15) is 0 Å². The van der Waals surface area contributed by atoms with Gasteiger partial charge >= 0.3 is 23.8 Å². The molecule has 0 bridgehead atoms. The predicted molar refractivity (Wildman–Crippen MR) is 457 cm³/mol. The van der Waals surface area contributed by atoms with Crippen LogP contribution in [-0.2, 0) is 21.7 Å². The Morgan fingerprint density at radius 1 is 0.273 bits per heavy atom. The molecule has 0 saturated carbocycles. The minimum atomic E-state index is -2.12. The second-order valence-corrected chi connectivity index (χ2v) is 37.0. The van der Waals surface area contributed by atoms with E-state index in [2.05, 4.69) is 184 Å². The number of methoxy groups -OCH3 is 4. The van der Waals surface area contributed by atoms with E-state index in [0.717, 1.165) is 155 Å². The fraction of sp³-hybridized carbons (Fsp3) is 0.348. The zero-order valence-corrected chi connectivity index (χ0v) is 72.5. The zero-order chi connectivity index (χ0) is 80.5. The Bertz CT molecular complexity index is 5620. The summed E-state index contributed by atoms with van der Waals surface area (Å²) in [5.74, 6) is 4.23. The van der Waals surface area contributed by atoms with E-state index in [1.54, 1.807) is 40.6 Å². The Balaban J connectivity index is 0.000000211. The number of aryl methyl sites for hydroxylation is 12. The Morgan fingerprint density at radius 2 is 0.509 bits per heavy atom. The van der Waals surface area contributed by atoms with Crippen LogP contribution in [0.5, 0.6) is 46.0 Å². The number of aromatic hydroxyl groups is 2. The van der Waals surface area contributed by atoms with Crippen LogP contribution in [0.15, 0.2) is 147 Å². The quantitative estimate of drug-likeness (QED) is 0.132. The number of halogens is 1. The standard InChI is InChI=1S/C54H60O8P2.C22H30O4.C16H16ClO2P/c1-29-17-33(5)47-39(21-29)40-22-30(2)18-34(6)48(40)58-63(57-47)59-49-35(7)19-31(3)23-41(49)42-24-32(4)20-36(8)50(42)60-64-61-51-43(25-37(55-15)27-45(51)53(9,10)11)44-26-38(56-16)28-46(52(44)62-64)54(12,13)14;1-21(2,3)17-11-13(25-7)9-15(19(17)23)16-10-14(26-8)12-18(20(16)24)22(4,5)6;1-9-5-11(3)15-13(7-9)14-8-10(2)6-12(4)16(14)19-20(17)18-15/h17-28H,1-16H3;9-12,23-24H,1-8H3;5-8H,1-4H3. The molecule has 3 heterocycles. The van der Waals surface area contributed by atoms with E-state index < -0.39 is 23.8 Å². The lowest BCUT2D eigenvalue weighted by Crippen LogP contribution is -2.13. The van der Waals surface area contributed by atoms with Gasteiger partial charge in [0.2, 0.25) is 0 Å². The molecule has 0 atom stereocenters. The third kappa shape index (κ3) is 17.1. The van der Waals surface area contributed by atoms with Gasteiger partial charge in [-0.05, 0) is 256 Å². The summed E-state index contributed by atoms with van der Waals surface area (Å²) in [4.78, 5) is 0. The van der Waals surface area contributed by atoms with Gasteiger partial charge in [-0.25, -0.2) is 0 Å². The number of hydrogen-bond acceptors (Lipinski definition) is 14. The molecule has 0 aliphatic carbocycles. The first-order valence-electron chi connectivity index (χ1n) is 37.0.